The fourth-order valence-electron chi connectivity index (χ4n) is 9.14. The maximum atomic E-state index is 15.3. The van der Waals surface area contributed by atoms with E-state index >= 15 is 35.1 Å². The zero-order valence-electron chi connectivity index (χ0n) is 31.0. The Balaban J connectivity index is 0.000000313. The zero-order chi connectivity index (χ0) is 43.1. The van der Waals surface area contributed by atoms with Crippen molar-refractivity contribution in [3.05, 3.63) is 117 Å². The molecule has 6 rings (SSSR count). The van der Waals surface area contributed by atoms with E-state index < -0.39 is 145 Å². The minimum Gasteiger partial charge on any atom is -0.337 e. The second kappa shape index (κ2) is 17.2. The minimum atomic E-state index is -6.18. The Hall–Kier alpha value is -4.22. The van der Waals surface area contributed by atoms with Crippen molar-refractivity contribution in [2.24, 2.45) is 0 Å². The lowest BCUT2D eigenvalue weighted by Crippen LogP contribution is -3.06. The fourth-order valence-corrected chi connectivity index (χ4v) is 9.14. The second-order valence-electron chi connectivity index (χ2n) is 15.1. The summed E-state index contributed by atoms with van der Waals surface area (Å²) in [6.07, 6.45) is 11.4. The maximum absolute atomic E-state index is 15.3. The van der Waals surface area contributed by atoms with Gasteiger partial charge in [-0.2, -0.15) is 0 Å². The number of rotatable bonds is 8. The molecule has 18 heteroatoms. The summed E-state index contributed by atoms with van der Waals surface area (Å²) in [6, 6.07) is -2.92. The SMILES string of the molecule is CCC1([NH2+]C2(CC)CCCCC2)CCCCC1.Fc1cc(F)c([B-](c2c(F)cc(F)c(F)c2F)(c2c(F)cc(F)c(F)c2F)c2c(F)cc(F)c(F)c2F)c(F)c1F. The van der Waals surface area contributed by atoms with Crippen LogP contribution in [0.25, 0.3) is 0 Å². The van der Waals surface area contributed by atoms with E-state index in [1.165, 1.54) is 77.0 Å². The topological polar surface area (TPSA) is 16.6 Å². The number of halogens is 16. The van der Waals surface area contributed by atoms with Crippen LogP contribution in [-0.2, 0) is 0 Å². The largest absolute Gasteiger partial charge is 0.337 e. The predicted octanol–water partition coefficient (Wildman–Crippen LogP) is 9.07. The molecule has 2 saturated carbocycles. The Morgan fingerprint density at radius 2 is 0.586 bits per heavy atom. The molecule has 4 aromatic rings. The minimum absolute atomic E-state index is 0.617. The van der Waals surface area contributed by atoms with Gasteiger partial charge in [0.15, 0.2) is 46.5 Å². The maximum Gasteiger partial charge on any atom is 0.191 e. The van der Waals surface area contributed by atoms with Crippen molar-refractivity contribution in [2.45, 2.75) is 102 Å². The Bertz CT molecular complexity index is 1910. The molecule has 0 aliphatic heterocycles. The van der Waals surface area contributed by atoms with Crippen LogP contribution >= 0.6 is 0 Å². The molecule has 2 N–H and O–H groups in total. The molecule has 0 unspecified atom stereocenters. The second-order valence-corrected chi connectivity index (χ2v) is 15.1. The molecule has 4 aromatic carbocycles. The number of quaternary nitrogens is 1. The summed E-state index contributed by atoms with van der Waals surface area (Å²) in [5, 5.41) is 2.87. The van der Waals surface area contributed by atoms with Gasteiger partial charge in [-0.05, 0) is 38.5 Å². The van der Waals surface area contributed by atoms with E-state index in [0.29, 0.717) is 11.1 Å². The third-order valence-electron chi connectivity index (χ3n) is 12.0. The summed E-state index contributed by atoms with van der Waals surface area (Å²) >= 11 is 0. The van der Waals surface area contributed by atoms with Gasteiger partial charge in [0.05, 0.1) is 34.3 Å². The average Bonchev–Trinajstić information content (AvgIpc) is 3.18. The summed E-state index contributed by atoms with van der Waals surface area (Å²) < 4.78 is 235. The van der Waals surface area contributed by atoms with Crippen LogP contribution in [-0.4, -0.2) is 17.2 Å². The van der Waals surface area contributed by atoms with Crippen molar-refractivity contribution in [3.63, 3.8) is 0 Å². The first-order valence-electron chi connectivity index (χ1n) is 18.6. The molecule has 0 heterocycles. The highest BCUT2D eigenvalue weighted by Gasteiger charge is 2.50. The van der Waals surface area contributed by atoms with Crippen LogP contribution in [0.5, 0.6) is 0 Å². The Kier molecular flexibility index (Phi) is 13.3. The molecule has 0 radical (unpaired) electrons. The van der Waals surface area contributed by atoms with Gasteiger partial charge in [0, 0.05) is 49.9 Å². The van der Waals surface area contributed by atoms with Gasteiger partial charge in [0.2, 0.25) is 0 Å². The van der Waals surface area contributed by atoms with Gasteiger partial charge in [0.1, 0.15) is 29.4 Å². The van der Waals surface area contributed by atoms with Crippen molar-refractivity contribution < 1.29 is 75.6 Å². The Morgan fingerprint density at radius 1 is 0.362 bits per heavy atom. The first-order chi connectivity index (χ1) is 27.2. The van der Waals surface area contributed by atoms with Crippen LogP contribution in [0.2, 0.25) is 0 Å². The first kappa shape index (κ1) is 44.9. The van der Waals surface area contributed by atoms with E-state index in [1.54, 1.807) is 0 Å². The lowest BCUT2D eigenvalue weighted by Gasteiger charge is -2.45. The highest BCUT2D eigenvalue weighted by molar-refractivity contribution is 7.20. The lowest BCUT2D eigenvalue weighted by molar-refractivity contribution is -0.796. The Morgan fingerprint density at radius 3 is 0.793 bits per heavy atom. The molecule has 0 amide bonds. The van der Waals surface area contributed by atoms with E-state index in [-0.39, 0.29) is 0 Å². The quantitative estimate of drug-likeness (QED) is 0.0790. The van der Waals surface area contributed by atoms with Crippen LogP contribution in [0.15, 0.2) is 24.3 Å². The number of hydrogen-bond acceptors (Lipinski definition) is 0. The van der Waals surface area contributed by atoms with Gasteiger partial charge >= 0.3 is 0 Å². The smallest absolute Gasteiger partial charge is 0.191 e. The third-order valence-corrected chi connectivity index (χ3v) is 12.0. The van der Waals surface area contributed by atoms with Gasteiger partial charge in [-0.1, -0.05) is 26.7 Å². The molecular weight excluding hydrogens is 809 g/mol. The van der Waals surface area contributed by atoms with Gasteiger partial charge in [-0.25, -0.2) is 70.2 Å². The molecule has 0 aromatic heterocycles. The summed E-state index contributed by atoms with van der Waals surface area (Å²) in [5.41, 5.74) is -9.71. The molecule has 2 aliphatic rings. The fraction of sp³-hybridized carbons (Fsp3) is 0.400. The molecular formula is C40H36BF16N. The van der Waals surface area contributed by atoms with Crippen molar-refractivity contribution in [1.82, 2.24) is 0 Å². The van der Waals surface area contributed by atoms with Crippen LogP contribution in [0.1, 0.15) is 90.9 Å². The first-order valence-corrected chi connectivity index (χ1v) is 18.6. The van der Waals surface area contributed by atoms with Crippen molar-refractivity contribution in [1.29, 1.82) is 0 Å². The van der Waals surface area contributed by atoms with Crippen LogP contribution in [0.4, 0.5) is 70.2 Å². The molecule has 2 fully saturated rings. The van der Waals surface area contributed by atoms with E-state index in [0.717, 1.165) is 0 Å². The molecule has 58 heavy (non-hydrogen) atoms. The molecule has 0 saturated heterocycles. The molecule has 2 aliphatic carbocycles. The standard InChI is InChI=1S/C24H4BF16.C16H31N/c26-5-1-9(30)17(34)21(38)13(5)25(14-6(27)2-10(31)18(35)22(14)39,15-7(28)3-11(32)19(36)23(15)40)16-8(29)4-12(33)20(37)24(16)41;1-3-15(11-7-5-8-12-15)17-16(4-2)13-9-6-10-14-16/h1-4H;17H,3-14H2,1-2H3/q-1;/p+1. The van der Waals surface area contributed by atoms with Crippen molar-refractivity contribution in [3.8, 4) is 0 Å². The van der Waals surface area contributed by atoms with Crippen molar-refractivity contribution in [2.75, 3.05) is 0 Å². The van der Waals surface area contributed by atoms with Gasteiger partial charge in [0.25, 0.3) is 0 Å². The molecule has 0 atom stereocenters. The molecule has 1 nitrogen and oxygen atoms in total. The molecule has 0 spiro atoms. The average molecular weight is 846 g/mol. The van der Waals surface area contributed by atoms with Gasteiger partial charge < -0.3 is 5.32 Å². The monoisotopic (exact) mass is 845 g/mol. The summed E-state index contributed by atoms with van der Waals surface area (Å²) in [6.45, 7) is 4.85. The van der Waals surface area contributed by atoms with Crippen molar-refractivity contribution >= 4 is 28.0 Å². The van der Waals surface area contributed by atoms with E-state index in [1.807, 2.05) is 0 Å². The highest BCUT2D eigenvalue weighted by atomic mass is 19.2. The number of hydrogen-bond donors (Lipinski definition) is 1. The predicted molar refractivity (Wildman–Crippen MR) is 184 cm³/mol. The zero-order valence-corrected chi connectivity index (χ0v) is 31.0. The number of nitrogens with two attached hydrogens (primary N) is 1. The van der Waals surface area contributed by atoms with Gasteiger partial charge in [-0.15, -0.1) is 21.9 Å². The van der Waals surface area contributed by atoms with E-state index in [4.69, 9.17) is 0 Å². The van der Waals surface area contributed by atoms with Gasteiger partial charge in [-0.3, -0.25) is 0 Å². The lowest BCUT2D eigenvalue weighted by atomic mass is 9.12. The molecule has 316 valence electrons. The normalized spacial score (nSPS) is 16.6. The van der Waals surface area contributed by atoms with Crippen LogP contribution in [0.3, 0.4) is 0 Å². The van der Waals surface area contributed by atoms with Crippen LogP contribution < -0.4 is 27.2 Å². The summed E-state index contributed by atoms with van der Waals surface area (Å²) in [4.78, 5) is 0. The van der Waals surface area contributed by atoms with E-state index in [2.05, 4.69) is 19.2 Å². The highest BCUT2D eigenvalue weighted by Crippen LogP contribution is 2.33. The summed E-state index contributed by atoms with van der Waals surface area (Å²) in [5.74, 6) is -45.1. The third kappa shape index (κ3) is 7.69. The number of benzene rings is 4. The Labute approximate surface area is 322 Å². The van der Waals surface area contributed by atoms with E-state index in [9.17, 15) is 35.1 Å². The van der Waals surface area contributed by atoms with Crippen LogP contribution in [0, 0.1) is 93.1 Å². The molecule has 0 bridgehead atoms. The summed E-state index contributed by atoms with van der Waals surface area (Å²) in [7, 11) is 0.